The number of rotatable bonds is 3. The Morgan fingerprint density at radius 2 is 1.85 bits per heavy atom. The second-order valence-corrected chi connectivity index (χ2v) is 9.06. The van der Waals surface area contributed by atoms with E-state index in [0.29, 0.717) is 23.0 Å². The first-order chi connectivity index (χ1) is 16.6. The van der Waals surface area contributed by atoms with Crippen LogP contribution in [0.25, 0.3) is 32.9 Å². The van der Waals surface area contributed by atoms with Gasteiger partial charge < -0.3 is 20.1 Å². The first kappa shape index (κ1) is 22.7. The minimum absolute atomic E-state index is 0.186. The number of aromatic hydroxyl groups is 1. The SMILES string of the molecule is CC.COc1cc(N2CC3CC[C@@H](C2)N3)c2ncc(-c3cc(O)cc4cccc(Cl)c34)cc2n1. The number of halogens is 1. The van der Waals surface area contributed by atoms with Crippen molar-refractivity contribution in [3.05, 3.63) is 53.7 Å². The smallest absolute Gasteiger partial charge is 0.215 e. The molecule has 6 rings (SSSR count). The highest BCUT2D eigenvalue weighted by atomic mass is 35.5. The van der Waals surface area contributed by atoms with Crippen molar-refractivity contribution in [2.75, 3.05) is 25.1 Å². The number of nitrogens with zero attached hydrogens (tertiary/aromatic N) is 3. The number of piperazine rings is 1. The first-order valence-corrected chi connectivity index (χ1v) is 12.2. The normalized spacial score (nSPS) is 19.2. The lowest BCUT2D eigenvalue weighted by molar-refractivity contribution is 0.399. The molecule has 6 nitrogen and oxygen atoms in total. The van der Waals surface area contributed by atoms with Crippen LogP contribution in [0.3, 0.4) is 0 Å². The second kappa shape index (κ2) is 9.28. The topological polar surface area (TPSA) is 70.5 Å². The van der Waals surface area contributed by atoms with Gasteiger partial charge in [-0.1, -0.05) is 37.6 Å². The molecule has 0 aliphatic carbocycles. The Labute approximate surface area is 204 Å². The number of pyridine rings is 2. The van der Waals surface area contributed by atoms with Crippen molar-refractivity contribution < 1.29 is 9.84 Å². The Morgan fingerprint density at radius 1 is 1.09 bits per heavy atom. The van der Waals surface area contributed by atoms with E-state index < -0.39 is 0 Å². The number of anilines is 1. The van der Waals surface area contributed by atoms with E-state index >= 15 is 0 Å². The number of methoxy groups -OCH3 is 1. The second-order valence-electron chi connectivity index (χ2n) is 8.65. The van der Waals surface area contributed by atoms with Crippen LogP contribution >= 0.6 is 11.6 Å². The molecule has 2 atom stereocenters. The average molecular weight is 477 g/mol. The summed E-state index contributed by atoms with van der Waals surface area (Å²) in [6, 6.07) is 14.2. The molecule has 2 aromatic carbocycles. The maximum atomic E-state index is 10.3. The van der Waals surface area contributed by atoms with Crippen molar-refractivity contribution >= 4 is 39.1 Å². The quantitative estimate of drug-likeness (QED) is 0.390. The van der Waals surface area contributed by atoms with Gasteiger partial charge in [0.05, 0.1) is 18.3 Å². The third kappa shape index (κ3) is 4.01. The zero-order valence-electron chi connectivity index (χ0n) is 19.7. The maximum absolute atomic E-state index is 10.3. The summed E-state index contributed by atoms with van der Waals surface area (Å²) in [6.45, 7) is 5.91. The molecule has 4 heterocycles. The first-order valence-electron chi connectivity index (χ1n) is 11.9. The molecule has 2 saturated heterocycles. The molecule has 4 aromatic rings. The predicted molar refractivity (Wildman–Crippen MR) is 139 cm³/mol. The summed E-state index contributed by atoms with van der Waals surface area (Å²) in [4.78, 5) is 11.9. The van der Waals surface area contributed by atoms with Gasteiger partial charge in [-0.15, -0.1) is 0 Å². The third-order valence-electron chi connectivity index (χ3n) is 6.59. The molecule has 0 spiro atoms. The molecular weight excluding hydrogens is 448 g/mol. The lowest BCUT2D eigenvalue weighted by atomic mass is 9.98. The Hall–Kier alpha value is -3.09. The van der Waals surface area contributed by atoms with Crippen LogP contribution in [-0.2, 0) is 0 Å². The Bertz CT molecular complexity index is 1350. The number of hydrogen-bond donors (Lipinski definition) is 2. The van der Waals surface area contributed by atoms with Gasteiger partial charge in [0, 0.05) is 53.4 Å². The molecule has 0 radical (unpaired) electrons. The monoisotopic (exact) mass is 476 g/mol. The number of nitrogens with one attached hydrogen (secondary N) is 1. The maximum Gasteiger partial charge on any atom is 0.215 e. The number of benzene rings is 2. The van der Waals surface area contributed by atoms with Gasteiger partial charge in [0.1, 0.15) is 11.3 Å². The van der Waals surface area contributed by atoms with Crippen LogP contribution in [-0.4, -0.2) is 47.4 Å². The van der Waals surface area contributed by atoms with Crippen LogP contribution in [0.1, 0.15) is 26.7 Å². The van der Waals surface area contributed by atoms with Gasteiger partial charge in [0.2, 0.25) is 5.88 Å². The van der Waals surface area contributed by atoms with E-state index in [1.807, 2.05) is 50.4 Å². The lowest BCUT2D eigenvalue weighted by Crippen LogP contribution is -2.51. The largest absolute Gasteiger partial charge is 0.508 e. The molecule has 2 aliphatic heterocycles. The van der Waals surface area contributed by atoms with Gasteiger partial charge in [-0.3, -0.25) is 4.98 Å². The van der Waals surface area contributed by atoms with Crippen molar-refractivity contribution in [2.24, 2.45) is 0 Å². The van der Waals surface area contributed by atoms with E-state index in [0.717, 1.165) is 51.7 Å². The highest BCUT2D eigenvalue weighted by molar-refractivity contribution is 6.36. The summed E-state index contributed by atoms with van der Waals surface area (Å²) in [6.07, 6.45) is 4.27. The van der Waals surface area contributed by atoms with Crippen LogP contribution in [0.15, 0.2) is 48.7 Å². The van der Waals surface area contributed by atoms with Crippen molar-refractivity contribution in [1.82, 2.24) is 15.3 Å². The van der Waals surface area contributed by atoms with Crippen LogP contribution in [0.2, 0.25) is 5.02 Å². The molecule has 176 valence electrons. The fourth-order valence-corrected chi connectivity index (χ4v) is 5.44. The van der Waals surface area contributed by atoms with Crippen LogP contribution < -0.4 is 15.0 Å². The van der Waals surface area contributed by atoms with Gasteiger partial charge in [0.25, 0.3) is 0 Å². The molecule has 34 heavy (non-hydrogen) atoms. The summed E-state index contributed by atoms with van der Waals surface area (Å²) >= 11 is 6.54. The molecule has 2 aromatic heterocycles. The van der Waals surface area contributed by atoms with Gasteiger partial charge in [0.15, 0.2) is 0 Å². The van der Waals surface area contributed by atoms with E-state index in [-0.39, 0.29) is 5.75 Å². The molecule has 1 unspecified atom stereocenters. The zero-order chi connectivity index (χ0) is 23.8. The van der Waals surface area contributed by atoms with Crippen LogP contribution in [0.5, 0.6) is 11.6 Å². The number of hydrogen-bond acceptors (Lipinski definition) is 6. The fraction of sp³-hybridized carbons (Fsp3) is 0.333. The Morgan fingerprint density at radius 3 is 2.59 bits per heavy atom. The van der Waals surface area contributed by atoms with Crippen molar-refractivity contribution in [2.45, 2.75) is 38.8 Å². The van der Waals surface area contributed by atoms with E-state index in [2.05, 4.69) is 10.2 Å². The minimum Gasteiger partial charge on any atom is -0.508 e. The number of phenolic OH excluding ortho intramolecular Hbond substituents is 1. The molecule has 2 N–H and O–H groups in total. The van der Waals surface area contributed by atoms with E-state index in [1.165, 1.54) is 12.8 Å². The number of fused-ring (bicyclic) bond motifs is 4. The van der Waals surface area contributed by atoms with E-state index in [9.17, 15) is 5.11 Å². The molecule has 0 amide bonds. The standard InChI is InChI=1S/C25H23ClN4O2.C2H6/c1-32-23-10-22(30-12-16-5-6-17(13-30)28-16)25-21(29-23)8-15(11-27-25)19-9-18(31)7-14-3-2-4-20(26)24(14)19;1-2/h2-4,7-11,16-17,28,31H,5-6,12-13H2,1H3;1-2H3/t16-,17?;/m0./s1. The highest BCUT2D eigenvalue weighted by Crippen LogP contribution is 2.39. The minimum atomic E-state index is 0.186. The van der Waals surface area contributed by atoms with Gasteiger partial charge in [-0.05, 0) is 48.1 Å². The van der Waals surface area contributed by atoms with Gasteiger partial charge in [-0.2, -0.15) is 0 Å². The summed E-state index contributed by atoms with van der Waals surface area (Å²) in [5, 5.41) is 16.4. The van der Waals surface area contributed by atoms with Crippen molar-refractivity contribution in [3.63, 3.8) is 0 Å². The Kier molecular flexibility index (Phi) is 6.19. The zero-order valence-corrected chi connectivity index (χ0v) is 20.4. The fourth-order valence-electron chi connectivity index (χ4n) is 5.15. The van der Waals surface area contributed by atoms with Gasteiger partial charge >= 0.3 is 0 Å². The molecular formula is C27H29ClN4O2. The van der Waals surface area contributed by atoms with E-state index in [1.54, 1.807) is 19.2 Å². The number of phenols is 1. The molecule has 7 heteroatoms. The highest BCUT2D eigenvalue weighted by Gasteiger charge is 2.33. The van der Waals surface area contributed by atoms with Gasteiger partial charge in [-0.25, -0.2) is 4.98 Å². The molecule has 0 saturated carbocycles. The molecule has 2 bridgehead atoms. The summed E-state index contributed by atoms with van der Waals surface area (Å²) in [5.41, 5.74) is 4.33. The van der Waals surface area contributed by atoms with E-state index in [4.69, 9.17) is 26.3 Å². The van der Waals surface area contributed by atoms with Crippen LogP contribution in [0, 0.1) is 0 Å². The molecule has 2 aliphatic rings. The number of ether oxygens (including phenoxy) is 1. The van der Waals surface area contributed by atoms with Crippen LogP contribution in [0.4, 0.5) is 5.69 Å². The van der Waals surface area contributed by atoms with Crippen molar-refractivity contribution in [1.29, 1.82) is 0 Å². The third-order valence-corrected chi connectivity index (χ3v) is 6.90. The summed E-state index contributed by atoms with van der Waals surface area (Å²) in [7, 11) is 1.64. The Balaban J connectivity index is 0.00000117. The lowest BCUT2D eigenvalue weighted by Gasteiger charge is -2.35. The van der Waals surface area contributed by atoms with Crippen molar-refractivity contribution in [3.8, 4) is 22.8 Å². The summed E-state index contributed by atoms with van der Waals surface area (Å²) in [5.74, 6) is 0.751. The molecule has 2 fully saturated rings. The average Bonchev–Trinajstić information content (AvgIpc) is 3.20. The predicted octanol–water partition coefficient (Wildman–Crippen LogP) is 5.78. The number of aromatic nitrogens is 2. The summed E-state index contributed by atoms with van der Waals surface area (Å²) < 4.78 is 5.53.